The standard InChI is InChI=1S/C24H21F2N5O3/c1-13-3-4-14(9-28-13)19-11-31-22(30-24(19)34-16-5-6-33-12-16)18(10-29-31)17-7-15(23(32)27-2)8-20(25)21(17)26/h3-4,7-11,16H,5-6,12H2,1-2H3,(H,27,32). The summed E-state index contributed by atoms with van der Waals surface area (Å²) in [6.45, 7) is 2.90. The number of benzene rings is 1. The number of hydrogen-bond acceptors (Lipinski definition) is 6. The van der Waals surface area contributed by atoms with E-state index in [1.165, 1.54) is 23.8 Å². The molecule has 1 aliphatic rings. The van der Waals surface area contributed by atoms with Crippen molar-refractivity contribution in [3.8, 4) is 28.1 Å². The highest BCUT2D eigenvalue weighted by Gasteiger charge is 2.24. The van der Waals surface area contributed by atoms with Crippen molar-refractivity contribution in [3.63, 3.8) is 0 Å². The lowest BCUT2D eigenvalue weighted by molar-refractivity contribution is 0.0962. The van der Waals surface area contributed by atoms with Gasteiger partial charge in [-0.1, -0.05) is 6.07 Å². The zero-order chi connectivity index (χ0) is 23.8. The number of aromatic nitrogens is 4. The number of fused-ring (bicyclic) bond motifs is 1. The Hall–Kier alpha value is -3.92. The van der Waals surface area contributed by atoms with Crippen LogP contribution in [0, 0.1) is 18.6 Å². The van der Waals surface area contributed by atoms with Crippen LogP contribution in [0.25, 0.3) is 27.9 Å². The van der Waals surface area contributed by atoms with Crippen LogP contribution >= 0.6 is 0 Å². The maximum atomic E-state index is 14.8. The average molecular weight is 465 g/mol. The molecule has 1 unspecified atom stereocenters. The van der Waals surface area contributed by atoms with E-state index in [1.807, 2.05) is 19.1 Å². The van der Waals surface area contributed by atoms with Gasteiger partial charge in [0.05, 0.1) is 25.0 Å². The highest BCUT2D eigenvalue weighted by molar-refractivity contribution is 5.96. The summed E-state index contributed by atoms with van der Waals surface area (Å²) in [5.41, 5.74) is 2.61. The molecule has 1 aliphatic heterocycles. The topological polar surface area (TPSA) is 90.6 Å². The molecule has 1 fully saturated rings. The molecule has 0 saturated carbocycles. The van der Waals surface area contributed by atoms with E-state index in [0.29, 0.717) is 31.1 Å². The molecule has 1 aromatic carbocycles. The van der Waals surface area contributed by atoms with Crippen LogP contribution < -0.4 is 10.1 Å². The molecule has 174 valence electrons. The fourth-order valence-electron chi connectivity index (χ4n) is 3.82. The third kappa shape index (κ3) is 3.96. The van der Waals surface area contributed by atoms with Gasteiger partial charge >= 0.3 is 0 Å². The molecule has 5 rings (SSSR count). The lowest BCUT2D eigenvalue weighted by Crippen LogP contribution is -2.18. The molecular weight excluding hydrogens is 444 g/mol. The Bertz CT molecular complexity index is 1380. The van der Waals surface area contributed by atoms with Gasteiger partial charge in [-0.15, -0.1) is 0 Å². The first-order chi connectivity index (χ1) is 16.4. The first kappa shape index (κ1) is 21.9. The number of amides is 1. The highest BCUT2D eigenvalue weighted by Crippen LogP contribution is 2.34. The van der Waals surface area contributed by atoms with Crippen LogP contribution in [0.5, 0.6) is 5.88 Å². The van der Waals surface area contributed by atoms with E-state index in [4.69, 9.17) is 9.47 Å². The first-order valence-electron chi connectivity index (χ1n) is 10.7. The predicted molar refractivity (Wildman–Crippen MR) is 120 cm³/mol. The summed E-state index contributed by atoms with van der Waals surface area (Å²) in [6.07, 6.45) is 5.32. The zero-order valence-electron chi connectivity index (χ0n) is 18.5. The van der Waals surface area contributed by atoms with Crippen LogP contribution in [0.15, 0.2) is 42.9 Å². The fraction of sp³-hybridized carbons (Fsp3) is 0.250. The molecule has 0 spiro atoms. The monoisotopic (exact) mass is 465 g/mol. The Morgan fingerprint density at radius 2 is 2.06 bits per heavy atom. The van der Waals surface area contributed by atoms with E-state index in [-0.39, 0.29) is 28.4 Å². The van der Waals surface area contributed by atoms with Gasteiger partial charge in [-0.3, -0.25) is 9.78 Å². The van der Waals surface area contributed by atoms with Crippen LogP contribution in [0.3, 0.4) is 0 Å². The summed E-state index contributed by atoms with van der Waals surface area (Å²) in [6, 6.07) is 5.90. The number of carbonyl (C=O) groups is 1. The zero-order valence-corrected chi connectivity index (χ0v) is 18.5. The minimum Gasteiger partial charge on any atom is -0.471 e. The molecule has 34 heavy (non-hydrogen) atoms. The van der Waals surface area contributed by atoms with Crippen molar-refractivity contribution in [2.45, 2.75) is 19.4 Å². The number of rotatable bonds is 5. The number of nitrogens with one attached hydrogen (secondary N) is 1. The number of aryl methyl sites for hydroxylation is 1. The van der Waals surface area contributed by atoms with Crippen molar-refractivity contribution in [1.29, 1.82) is 0 Å². The molecule has 1 amide bonds. The molecule has 1 saturated heterocycles. The normalized spacial score (nSPS) is 15.6. The summed E-state index contributed by atoms with van der Waals surface area (Å²) >= 11 is 0. The van der Waals surface area contributed by atoms with Crippen molar-refractivity contribution in [2.75, 3.05) is 20.3 Å². The maximum absolute atomic E-state index is 14.8. The van der Waals surface area contributed by atoms with E-state index in [9.17, 15) is 13.6 Å². The quantitative estimate of drug-likeness (QED) is 0.485. The van der Waals surface area contributed by atoms with Gasteiger partial charge < -0.3 is 14.8 Å². The van der Waals surface area contributed by atoms with Gasteiger partial charge in [-0.05, 0) is 25.1 Å². The van der Waals surface area contributed by atoms with E-state index in [2.05, 4.69) is 20.4 Å². The van der Waals surface area contributed by atoms with Crippen molar-refractivity contribution in [2.24, 2.45) is 0 Å². The minimum absolute atomic E-state index is 0.0160. The Kier molecular flexibility index (Phi) is 5.66. The van der Waals surface area contributed by atoms with E-state index in [0.717, 1.165) is 17.3 Å². The Morgan fingerprint density at radius 1 is 1.21 bits per heavy atom. The Morgan fingerprint density at radius 3 is 2.76 bits per heavy atom. The molecule has 0 radical (unpaired) electrons. The maximum Gasteiger partial charge on any atom is 0.251 e. The largest absolute Gasteiger partial charge is 0.471 e. The SMILES string of the molecule is CNC(=O)c1cc(F)c(F)c(-c2cnn3cc(-c4ccc(C)nc4)c(OC4CCOC4)nc23)c1. The van der Waals surface area contributed by atoms with Crippen molar-refractivity contribution in [1.82, 2.24) is 24.9 Å². The van der Waals surface area contributed by atoms with Crippen LogP contribution in [0.2, 0.25) is 0 Å². The van der Waals surface area contributed by atoms with Gasteiger partial charge in [0.15, 0.2) is 17.3 Å². The molecule has 1 N–H and O–H groups in total. The van der Waals surface area contributed by atoms with Crippen LogP contribution in [-0.2, 0) is 4.74 Å². The van der Waals surface area contributed by atoms with Gasteiger partial charge in [0.25, 0.3) is 5.91 Å². The average Bonchev–Trinajstić information content (AvgIpc) is 3.50. The second kappa shape index (κ2) is 8.79. The lowest BCUT2D eigenvalue weighted by atomic mass is 10.0. The van der Waals surface area contributed by atoms with Crippen molar-refractivity contribution < 1.29 is 23.0 Å². The molecule has 10 heteroatoms. The lowest BCUT2D eigenvalue weighted by Gasteiger charge is -2.15. The molecule has 3 aromatic heterocycles. The summed E-state index contributed by atoms with van der Waals surface area (Å²) < 4.78 is 42.2. The number of hydrogen-bond donors (Lipinski definition) is 1. The second-order valence-electron chi connectivity index (χ2n) is 7.98. The van der Waals surface area contributed by atoms with Crippen LogP contribution in [0.4, 0.5) is 8.78 Å². The van der Waals surface area contributed by atoms with Crippen LogP contribution in [-0.4, -0.2) is 51.9 Å². The van der Waals surface area contributed by atoms with E-state index in [1.54, 1.807) is 12.4 Å². The molecule has 4 aromatic rings. The van der Waals surface area contributed by atoms with Gasteiger partial charge in [-0.2, -0.15) is 10.1 Å². The summed E-state index contributed by atoms with van der Waals surface area (Å²) in [7, 11) is 1.41. The van der Waals surface area contributed by atoms with E-state index < -0.39 is 17.5 Å². The molecular formula is C24H21F2N5O3. The fourth-order valence-corrected chi connectivity index (χ4v) is 3.82. The highest BCUT2D eigenvalue weighted by atomic mass is 19.2. The number of halogens is 2. The third-order valence-corrected chi connectivity index (χ3v) is 5.65. The summed E-state index contributed by atoms with van der Waals surface area (Å²) in [5, 5.41) is 6.72. The number of pyridine rings is 1. The second-order valence-corrected chi connectivity index (χ2v) is 7.98. The number of carbonyl (C=O) groups excluding carboxylic acids is 1. The number of nitrogens with zero attached hydrogens (tertiary/aromatic N) is 4. The molecule has 0 bridgehead atoms. The van der Waals surface area contributed by atoms with Crippen molar-refractivity contribution >= 4 is 11.6 Å². The van der Waals surface area contributed by atoms with Gasteiger partial charge in [0.2, 0.25) is 5.88 Å². The summed E-state index contributed by atoms with van der Waals surface area (Å²) in [5.74, 6) is -2.47. The third-order valence-electron chi connectivity index (χ3n) is 5.65. The smallest absolute Gasteiger partial charge is 0.251 e. The molecule has 0 aliphatic carbocycles. The first-order valence-corrected chi connectivity index (χ1v) is 10.7. The molecule has 8 nitrogen and oxygen atoms in total. The minimum atomic E-state index is -1.14. The van der Waals surface area contributed by atoms with Gasteiger partial charge in [0, 0.05) is 53.8 Å². The summed E-state index contributed by atoms with van der Waals surface area (Å²) in [4.78, 5) is 21.1. The van der Waals surface area contributed by atoms with E-state index >= 15 is 0 Å². The van der Waals surface area contributed by atoms with Crippen LogP contribution in [0.1, 0.15) is 22.5 Å². The Labute approximate surface area is 193 Å². The Balaban J connectivity index is 1.68. The molecule has 1 atom stereocenters. The molecule has 4 heterocycles. The number of ether oxygens (including phenoxy) is 2. The van der Waals surface area contributed by atoms with Gasteiger partial charge in [-0.25, -0.2) is 13.3 Å². The van der Waals surface area contributed by atoms with Crippen molar-refractivity contribution in [3.05, 3.63) is 65.7 Å². The predicted octanol–water partition coefficient (Wildman–Crippen LogP) is 3.57. The van der Waals surface area contributed by atoms with Gasteiger partial charge in [0.1, 0.15) is 6.10 Å².